The largest absolute Gasteiger partial charge is 0.461 e. The molecule has 4 rings (SSSR count). The maximum atomic E-state index is 11.0. The number of cyclic esters (lactones) is 1. The Morgan fingerprint density at radius 1 is 0.760 bits per heavy atom. The summed E-state index contributed by atoms with van der Waals surface area (Å²) in [6, 6.07) is 0. The van der Waals surface area contributed by atoms with Crippen molar-refractivity contribution in [3.8, 4) is 0 Å². The van der Waals surface area contributed by atoms with E-state index >= 15 is 0 Å². The van der Waals surface area contributed by atoms with Gasteiger partial charge < -0.3 is 14.2 Å². The Bertz CT molecular complexity index is 421. The van der Waals surface area contributed by atoms with Gasteiger partial charge in [-0.25, -0.2) is 0 Å². The van der Waals surface area contributed by atoms with Crippen molar-refractivity contribution >= 4 is 5.97 Å². The molecule has 4 nitrogen and oxygen atoms in total. The van der Waals surface area contributed by atoms with Crippen molar-refractivity contribution in [2.24, 2.45) is 23.7 Å². The minimum atomic E-state index is 0.00877. The van der Waals surface area contributed by atoms with Crippen molar-refractivity contribution in [2.45, 2.75) is 89.4 Å². The third kappa shape index (κ3) is 4.57. The lowest BCUT2D eigenvalue weighted by atomic mass is 9.67. The molecule has 4 heteroatoms. The summed E-state index contributed by atoms with van der Waals surface area (Å²) in [6.45, 7) is 1.75. The Hall–Kier alpha value is -0.610. The molecule has 4 fully saturated rings. The highest BCUT2D eigenvalue weighted by Crippen LogP contribution is 2.44. The average Bonchev–Trinajstić information content (AvgIpc) is 2.65. The van der Waals surface area contributed by atoms with Gasteiger partial charge >= 0.3 is 5.97 Å². The zero-order chi connectivity index (χ0) is 17.1. The first kappa shape index (κ1) is 17.8. The summed E-state index contributed by atoms with van der Waals surface area (Å²) in [4.78, 5) is 11.0. The highest BCUT2D eigenvalue weighted by atomic mass is 16.7. The number of esters is 1. The number of hydrogen-bond acceptors (Lipinski definition) is 4. The van der Waals surface area contributed by atoms with Gasteiger partial charge in [-0.1, -0.05) is 12.8 Å². The molecule has 0 radical (unpaired) electrons. The molecule has 0 amide bonds. The van der Waals surface area contributed by atoms with E-state index in [1.54, 1.807) is 0 Å². The summed E-state index contributed by atoms with van der Waals surface area (Å²) < 4.78 is 16.7. The van der Waals surface area contributed by atoms with Crippen molar-refractivity contribution in [3.63, 3.8) is 0 Å². The summed E-state index contributed by atoms with van der Waals surface area (Å²) in [7, 11) is 0. The Balaban J connectivity index is 1.12. The van der Waals surface area contributed by atoms with Gasteiger partial charge in [-0.05, 0) is 81.5 Å². The quantitative estimate of drug-likeness (QED) is 0.687. The van der Waals surface area contributed by atoms with Gasteiger partial charge in [0.05, 0.1) is 19.6 Å². The Morgan fingerprint density at radius 2 is 1.32 bits per heavy atom. The van der Waals surface area contributed by atoms with Crippen LogP contribution in [0.4, 0.5) is 0 Å². The molecule has 2 aliphatic carbocycles. The second-order valence-electron chi connectivity index (χ2n) is 8.79. The van der Waals surface area contributed by atoms with Crippen molar-refractivity contribution in [1.82, 2.24) is 0 Å². The smallest absolute Gasteiger partial charge is 0.309 e. The predicted octanol–water partition coefficient (Wildman–Crippen LogP) is 4.46. The van der Waals surface area contributed by atoms with Gasteiger partial charge in [0.25, 0.3) is 0 Å². The molecule has 0 N–H and O–H groups in total. The molecule has 2 aliphatic heterocycles. The molecule has 2 heterocycles. The third-order valence-corrected chi connectivity index (χ3v) is 7.26. The van der Waals surface area contributed by atoms with Gasteiger partial charge in [0.15, 0.2) is 6.29 Å². The summed E-state index contributed by atoms with van der Waals surface area (Å²) in [5.74, 6) is 3.42. The highest BCUT2D eigenvalue weighted by molar-refractivity contribution is 5.75. The molecule has 4 aliphatic rings. The molecule has 0 aromatic rings. The number of hydrogen-bond donors (Lipinski definition) is 0. The first-order valence-electron chi connectivity index (χ1n) is 10.7. The van der Waals surface area contributed by atoms with Gasteiger partial charge in [0.1, 0.15) is 6.10 Å². The number of ether oxygens (including phenoxy) is 3. The number of rotatable bonds is 5. The summed E-state index contributed by atoms with van der Waals surface area (Å²) in [6.07, 6.45) is 15.3. The van der Waals surface area contributed by atoms with Crippen LogP contribution in [0.5, 0.6) is 0 Å². The normalized spacial score (nSPS) is 40.3. The van der Waals surface area contributed by atoms with Crippen molar-refractivity contribution < 1.29 is 19.0 Å². The monoisotopic (exact) mass is 350 g/mol. The molecule has 0 spiro atoms. The number of carbonyl (C=O) groups excluding carboxylic acids is 1. The van der Waals surface area contributed by atoms with Crippen molar-refractivity contribution in [2.75, 3.05) is 13.2 Å². The van der Waals surface area contributed by atoms with Gasteiger partial charge in [0.2, 0.25) is 0 Å². The Morgan fingerprint density at radius 3 is 1.92 bits per heavy atom. The fourth-order valence-corrected chi connectivity index (χ4v) is 5.60. The molecular weight excluding hydrogens is 316 g/mol. The van der Waals surface area contributed by atoms with Gasteiger partial charge in [0, 0.05) is 0 Å². The van der Waals surface area contributed by atoms with Crippen LogP contribution < -0.4 is 0 Å². The second-order valence-corrected chi connectivity index (χ2v) is 8.79. The van der Waals surface area contributed by atoms with E-state index < -0.39 is 0 Å². The average molecular weight is 350 g/mol. The van der Waals surface area contributed by atoms with Gasteiger partial charge in [-0.15, -0.1) is 0 Å². The molecule has 25 heavy (non-hydrogen) atoms. The minimum Gasteiger partial charge on any atom is -0.461 e. The zero-order valence-electron chi connectivity index (χ0n) is 15.5. The fourth-order valence-electron chi connectivity index (χ4n) is 5.60. The second kappa shape index (κ2) is 8.39. The van der Waals surface area contributed by atoms with Gasteiger partial charge in [-0.3, -0.25) is 4.79 Å². The molecular formula is C21H34O4. The van der Waals surface area contributed by atoms with Crippen LogP contribution in [0.25, 0.3) is 0 Å². The first-order chi connectivity index (χ1) is 12.3. The summed E-state index contributed by atoms with van der Waals surface area (Å²) in [5.41, 5.74) is 0. The van der Waals surface area contributed by atoms with E-state index in [0.29, 0.717) is 12.3 Å². The van der Waals surface area contributed by atoms with E-state index in [4.69, 9.17) is 14.2 Å². The Kier molecular flexibility index (Phi) is 5.97. The van der Waals surface area contributed by atoms with Crippen LogP contribution >= 0.6 is 0 Å². The van der Waals surface area contributed by atoms with Crippen LogP contribution in [0.3, 0.4) is 0 Å². The van der Waals surface area contributed by atoms with Crippen LogP contribution in [0.2, 0.25) is 0 Å². The topological polar surface area (TPSA) is 44.8 Å². The minimum absolute atomic E-state index is 0.00877. The van der Waals surface area contributed by atoms with E-state index in [1.165, 1.54) is 57.8 Å². The molecule has 2 saturated heterocycles. The van der Waals surface area contributed by atoms with Crippen LogP contribution in [0, 0.1) is 23.7 Å². The SMILES string of the molecule is O=C1CC(C2CCC(C3CCC(CCC4OCCCO4)CC3)CC2)O1. The maximum absolute atomic E-state index is 11.0. The predicted molar refractivity (Wildman–Crippen MR) is 94.9 cm³/mol. The van der Waals surface area contributed by atoms with Crippen molar-refractivity contribution in [1.29, 1.82) is 0 Å². The summed E-state index contributed by atoms with van der Waals surface area (Å²) >= 11 is 0. The molecule has 0 bridgehead atoms. The van der Waals surface area contributed by atoms with E-state index in [-0.39, 0.29) is 18.4 Å². The summed E-state index contributed by atoms with van der Waals surface area (Å²) in [5, 5.41) is 0. The van der Waals surface area contributed by atoms with Crippen LogP contribution in [-0.4, -0.2) is 31.6 Å². The van der Waals surface area contributed by atoms with Crippen LogP contribution in [0.1, 0.15) is 77.0 Å². The lowest BCUT2D eigenvalue weighted by Crippen LogP contribution is -2.41. The van der Waals surface area contributed by atoms with Crippen LogP contribution in [-0.2, 0) is 19.0 Å². The lowest BCUT2D eigenvalue weighted by molar-refractivity contribution is -0.183. The van der Waals surface area contributed by atoms with Crippen molar-refractivity contribution in [3.05, 3.63) is 0 Å². The zero-order valence-corrected chi connectivity index (χ0v) is 15.5. The van der Waals surface area contributed by atoms with E-state index in [1.807, 2.05) is 0 Å². The molecule has 142 valence electrons. The molecule has 1 atom stereocenters. The van der Waals surface area contributed by atoms with E-state index in [2.05, 4.69) is 0 Å². The standard InChI is InChI=1S/C21H34O4/c22-20-14-19(25-20)18-9-7-17(8-10-18)16-5-2-15(3-6-16)4-11-21-23-12-1-13-24-21/h15-19,21H,1-14H2. The van der Waals surface area contributed by atoms with E-state index in [9.17, 15) is 4.79 Å². The lowest BCUT2D eigenvalue weighted by Gasteiger charge is -2.41. The number of carbonyl (C=O) groups is 1. The molecule has 2 saturated carbocycles. The molecule has 0 aromatic carbocycles. The molecule has 0 aromatic heterocycles. The van der Waals surface area contributed by atoms with Gasteiger partial charge in [-0.2, -0.15) is 0 Å². The first-order valence-corrected chi connectivity index (χ1v) is 10.7. The van der Waals surface area contributed by atoms with Crippen LogP contribution in [0.15, 0.2) is 0 Å². The Labute approximate surface area is 152 Å². The highest BCUT2D eigenvalue weighted by Gasteiger charge is 2.39. The molecule has 1 unspecified atom stereocenters. The fraction of sp³-hybridized carbons (Fsp3) is 0.952. The third-order valence-electron chi connectivity index (χ3n) is 7.26. The van der Waals surface area contributed by atoms with E-state index in [0.717, 1.165) is 43.8 Å². The maximum Gasteiger partial charge on any atom is 0.309 e.